The minimum Gasteiger partial charge on any atom is -0.352 e. The Hall–Kier alpha value is -2.01. The van der Waals surface area contributed by atoms with E-state index >= 15 is 0 Å². The smallest absolute Gasteiger partial charge is 0.252 e. The van der Waals surface area contributed by atoms with Gasteiger partial charge in [0.05, 0.1) is 5.56 Å². The number of nitrogens with zero attached hydrogens (tertiary/aromatic N) is 1. The van der Waals surface area contributed by atoms with Crippen molar-refractivity contribution in [1.82, 2.24) is 10.3 Å². The van der Waals surface area contributed by atoms with E-state index < -0.39 is 11.6 Å². The quantitative estimate of drug-likeness (QED) is 0.943. The maximum Gasteiger partial charge on any atom is 0.252 e. The lowest BCUT2D eigenvalue weighted by Crippen LogP contribution is -2.26. The second-order valence-electron chi connectivity index (χ2n) is 3.98. The van der Waals surface area contributed by atoms with Gasteiger partial charge in [0.25, 0.3) is 5.91 Å². The van der Waals surface area contributed by atoms with Gasteiger partial charge in [-0.3, -0.25) is 9.78 Å². The summed E-state index contributed by atoms with van der Waals surface area (Å²) in [6.45, 7) is 0.230. The molecule has 0 aliphatic rings. The fraction of sp³-hybridized carbons (Fsp3) is 0.143. The molecule has 0 unspecified atom stereocenters. The number of hydrogen-bond acceptors (Lipinski definition) is 2. The Balaban J connectivity index is 0.00000200. The number of halogens is 3. The molecule has 0 aliphatic heterocycles. The Morgan fingerprint density at radius 3 is 2.75 bits per heavy atom. The predicted octanol–water partition coefficient (Wildman–Crippen LogP) is 2.75. The largest absolute Gasteiger partial charge is 0.352 e. The summed E-state index contributed by atoms with van der Waals surface area (Å²) in [7, 11) is 0. The van der Waals surface area contributed by atoms with Gasteiger partial charge in [0.15, 0.2) is 0 Å². The minimum absolute atomic E-state index is 0. The Labute approximate surface area is 121 Å². The van der Waals surface area contributed by atoms with Crippen LogP contribution >= 0.6 is 12.4 Å². The summed E-state index contributed by atoms with van der Waals surface area (Å²) in [4.78, 5) is 15.5. The van der Waals surface area contributed by atoms with E-state index in [4.69, 9.17) is 0 Å². The number of benzene rings is 1. The molecule has 20 heavy (non-hydrogen) atoms. The summed E-state index contributed by atoms with van der Waals surface area (Å²) in [6.07, 6.45) is 3.24. The van der Waals surface area contributed by atoms with Crippen molar-refractivity contribution in [1.29, 1.82) is 0 Å². The highest BCUT2D eigenvalue weighted by atomic mass is 35.5. The zero-order valence-corrected chi connectivity index (χ0v) is 11.3. The van der Waals surface area contributed by atoms with Gasteiger partial charge in [0.2, 0.25) is 0 Å². The van der Waals surface area contributed by atoms with Crippen molar-refractivity contribution < 1.29 is 13.6 Å². The molecule has 0 fully saturated rings. The van der Waals surface area contributed by atoms with Crippen molar-refractivity contribution in [3.8, 4) is 0 Å². The number of rotatable bonds is 4. The van der Waals surface area contributed by atoms with Crippen LogP contribution in [0.15, 0.2) is 42.7 Å². The molecule has 2 rings (SSSR count). The van der Waals surface area contributed by atoms with Crippen LogP contribution < -0.4 is 5.32 Å². The van der Waals surface area contributed by atoms with Gasteiger partial charge in [-0.25, -0.2) is 8.78 Å². The van der Waals surface area contributed by atoms with E-state index in [0.29, 0.717) is 5.56 Å². The minimum atomic E-state index is -0.491. The number of nitrogens with one attached hydrogen (secondary N) is 1. The van der Waals surface area contributed by atoms with Crippen LogP contribution in [0.5, 0.6) is 0 Å². The maximum absolute atomic E-state index is 13.3. The third kappa shape index (κ3) is 4.28. The molecule has 0 aliphatic carbocycles. The predicted molar refractivity (Wildman–Crippen MR) is 73.9 cm³/mol. The van der Waals surface area contributed by atoms with Crippen LogP contribution in [-0.4, -0.2) is 17.4 Å². The van der Waals surface area contributed by atoms with Gasteiger partial charge in [-0.05, 0) is 42.3 Å². The molecule has 106 valence electrons. The average molecular weight is 299 g/mol. The molecule has 3 nitrogen and oxygen atoms in total. The molecule has 1 aromatic carbocycles. The van der Waals surface area contributed by atoms with Gasteiger partial charge in [0, 0.05) is 18.9 Å². The summed E-state index contributed by atoms with van der Waals surface area (Å²) in [5, 5.41) is 2.63. The number of carbonyl (C=O) groups is 1. The highest BCUT2D eigenvalue weighted by Gasteiger charge is 2.06. The summed E-state index contributed by atoms with van der Waals surface area (Å²) in [5.41, 5.74) is 0.675. The highest BCUT2D eigenvalue weighted by Crippen LogP contribution is 2.09. The monoisotopic (exact) mass is 298 g/mol. The SMILES string of the molecule is Cl.O=C(NCCc1cc(F)ccc1F)c1cccnc1. The van der Waals surface area contributed by atoms with Crippen molar-refractivity contribution in [2.45, 2.75) is 6.42 Å². The average Bonchev–Trinajstić information content (AvgIpc) is 2.43. The van der Waals surface area contributed by atoms with Crippen LogP contribution in [0.25, 0.3) is 0 Å². The fourth-order valence-electron chi connectivity index (χ4n) is 1.64. The van der Waals surface area contributed by atoms with Gasteiger partial charge < -0.3 is 5.32 Å². The fourth-order valence-corrected chi connectivity index (χ4v) is 1.64. The van der Waals surface area contributed by atoms with E-state index in [1.165, 1.54) is 6.20 Å². The number of aromatic nitrogens is 1. The number of amides is 1. The first-order valence-electron chi connectivity index (χ1n) is 5.79. The van der Waals surface area contributed by atoms with Gasteiger partial charge in [-0.15, -0.1) is 12.4 Å². The Morgan fingerprint density at radius 2 is 2.05 bits per heavy atom. The molecular weight excluding hydrogens is 286 g/mol. The topological polar surface area (TPSA) is 42.0 Å². The Bertz CT molecular complexity index is 579. The summed E-state index contributed by atoms with van der Waals surface area (Å²) in [5.74, 6) is -1.25. The molecule has 1 aromatic heterocycles. The standard InChI is InChI=1S/C14H12F2N2O.ClH/c15-12-3-4-13(16)10(8-12)5-7-18-14(19)11-2-1-6-17-9-11;/h1-4,6,8-9H,5,7H2,(H,18,19);1H. The van der Waals surface area contributed by atoms with Gasteiger partial charge >= 0.3 is 0 Å². The van der Waals surface area contributed by atoms with Crippen molar-refractivity contribution in [2.24, 2.45) is 0 Å². The van der Waals surface area contributed by atoms with E-state index in [9.17, 15) is 13.6 Å². The van der Waals surface area contributed by atoms with Crippen molar-refractivity contribution >= 4 is 18.3 Å². The highest BCUT2D eigenvalue weighted by molar-refractivity contribution is 5.93. The van der Waals surface area contributed by atoms with Crippen LogP contribution in [0.1, 0.15) is 15.9 Å². The van der Waals surface area contributed by atoms with Gasteiger partial charge in [0.1, 0.15) is 11.6 Å². The molecule has 0 spiro atoms. The molecule has 0 radical (unpaired) electrons. The maximum atomic E-state index is 13.3. The summed E-state index contributed by atoms with van der Waals surface area (Å²) in [6, 6.07) is 6.55. The molecule has 1 N–H and O–H groups in total. The van der Waals surface area contributed by atoms with Crippen LogP contribution in [0.4, 0.5) is 8.78 Å². The zero-order chi connectivity index (χ0) is 13.7. The molecule has 6 heteroatoms. The molecule has 0 saturated carbocycles. The normalized spacial score (nSPS) is 9.70. The van der Waals surface area contributed by atoms with Gasteiger partial charge in [-0.2, -0.15) is 0 Å². The first kappa shape index (κ1) is 16.0. The lowest BCUT2D eigenvalue weighted by atomic mass is 10.1. The van der Waals surface area contributed by atoms with E-state index in [1.54, 1.807) is 18.3 Å². The first-order chi connectivity index (χ1) is 9.16. The second-order valence-corrected chi connectivity index (χ2v) is 3.98. The van der Waals surface area contributed by atoms with Gasteiger partial charge in [-0.1, -0.05) is 0 Å². The lowest BCUT2D eigenvalue weighted by molar-refractivity contribution is 0.0953. The summed E-state index contributed by atoms with van der Waals surface area (Å²) < 4.78 is 26.3. The lowest BCUT2D eigenvalue weighted by Gasteiger charge is -2.06. The third-order valence-electron chi connectivity index (χ3n) is 2.61. The van der Waals surface area contributed by atoms with E-state index in [2.05, 4.69) is 10.3 Å². The van der Waals surface area contributed by atoms with Crippen molar-refractivity contribution in [2.75, 3.05) is 6.54 Å². The Kier molecular flexibility index (Phi) is 6.06. The molecule has 1 heterocycles. The molecule has 2 aromatic rings. The molecule has 0 saturated heterocycles. The van der Waals surface area contributed by atoms with Crippen molar-refractivity contribution in [3.63, 3.8) is 0 Å². The van der Waals surface area contributed by atoms with E-state index in [0.717, 1.165) is 18.2 Å². The van der Waals surface area contributed by atoms with Crippen molar-refractivity contribution in [3.05, 3.63) is 65.5 Å². The summed E-state index contributed by atoms with van der Waals surface area (Å²) >= 11 is 0. The van der Waals surface area contributed by atoms with Crippen LogP contribution in [0.3, 0.4) is 0 Å². The van der Waals surface area contributed by atoms with Crippen LogP contribution in [-0.2, 0) is 6.42 Å². The van der Waals surface area contributed by atoms with E-state index in [-0.39, 0.29) is 36.8 Å². The van der Waals surface area contributed by atoms with E-state index in [1.807, 2.05) is 0 Å². The second kappa shape index (κ2) is 7.55. The van der Waals surface area contributed by atoms with Crippen LogP contribution in [0.2, 0.25) is 0 Å². The van der Waals surface area contributed by atoms with Crippen LogP contribution in [0, 0.1) is 11.6 Å². The molecular formula is C14H13ClF2N2O. The molecule has 0 bridgehead atoms. The first-order valence-corrected chi connectivity index (χ1v) is 5.79. The zero-order valence-electron chi connectivity index (χ0n) is 10.5. The molecule has 1 amide bonds. The number of hydrogen-bond donors (Lipinski definition) is 1. The molecule has 0 atom stereocenters. The third-order valence-corrected chi connectivity index (χ3v) is 2.61. The number of pyridine rings is 1. The number of carbonyl (C=O) groups excluding carboxylic acids is 1. The Morgan fingerprint density at radius 1 is 1.25 bits per heavy atom.